The van der Waals surface area contributed by atoms with E-state index in [9.17, 15) is 4.79 Å². The maximum absolute atomic E-state index is 12.8. The normalized spacial score (nSPS) is 10.4. The van der Waals surface area contributed by atoms with Crippen molar-refractivity contribution in [3.8, 4) is 17.2 Å². The summed E-state index contributed by atoms with van der Waals surface area (Å²) in [5.74, 6) is 1.08. The van der Waals surface area contributed by atoms with Gasteiger partial charge in [-0.2, -0.15) is 0 Å². The lowest BCUT2D eigenvalue weighted by atomic mass is 10.1. The summed E-state index contributed by atoms with van der Waals surface area (Å²) in [5, 5.41) is 15.1. The topological polar surface area (TPSA) is 94.6 Å². The number of nitrogens with zero attached hydrogens (tertiary/aromatic N) is 2. The van der Waals surface area contributed by atoms with Crippen molar-refractivity contribution in [2.45, 2.75) is 27.3 Å². The second kappa shape index (κ2) is 11.2. The van der Waals surface area contributed by atoms with Gasteiger partial charge in [-0.3, -0.25) is 10.1 Å². The highest BCUT2D eigenvalue weighted by atomic mass is 32.1. The molecule has 0 aliphatic heterocycles. The summed E-state index contributed by atoms with van der Waals surface area (Å²) >= 11 is 1.26. The molecule has 3 rings (SSSR count). The Balaban J connectivity index is 1.73. The number of benzene rings is 2. The molecule has 0 bridgehead atoms. The van der Waals surface area contributed by atoms with Gasteiger partial charge in [0.05, 0.1) is 19.8 Å². The summed E-state index contributed by atoms with van der Waals surface area (Å²) in [6, 6.07) is 13.3. The van der Waals surface area contributed by atoms with E-state index in [1.54, 1.807) is 12.1 Å². The molecule has 8 nitrogen and oxygen atoms in total. The Morgan fingerprint density at radius 2 is 1.52 bits per heavy atom. The summed E-state index contributed by atoms with van der Waals surface area (Å²) in [6.07, 6.45) is 0. The molecule has 0 saturated carbocycles. The van der Waals surface area contributed by atoms with E-state index < -0.39 is 0 Å². The number of carbonyl (C=O) groups is 1. The Morgan fingerprint density at radius 1 is 0.903 bits per heavy atom. The van der Waals surface area contributed by atoms with E-state index in [0.29, 0.717) is 59.4 Å². The van der Waals surface area contributed by atoms with Crippen LogP contribution in [0.4, 0.5) is 10.3 Å². The van der Waals surface area contributed by atoms with Crippen molar-refractivity contribution in [2.24, 2.45) is 0 Å². The van der Waals surface area contributed by atoms with Gasteiger partial charge in [0.15, 0.2) is 11.5 Å². The van der Waals surface area contributed by atoms with Crippen LogP contribution in [0.1, 0.15) is 36.7 Å². The maximum atomic E-state index is 12.8. The van der Waals surface area contributed by atoms with Crippen LogP contribution < -0.4 is 24.8 Å². The summed E-state index contributed by atoms with van der Waals surface area (Å²) in [7, 11) is 0. The molecule has 0 aliphatic carbocycles. The molecular formula is C22H26N4O4S. The molecular weight excluding hydrogens is 416 g/mol. The van der Waals surface area contributed by atoms with E-state index in [0.717, 1.165) is 5.56 Å². The molecule has 1 aromatic heterocycles. The minimum Gasteiger partial charge on any atom is -0.490 e. The quantitative estimate of drug-likeness (QED) is 0.448. The summed E-state index contributed by atoms with van der Waals surface area (Å²) in [5.41, 5.74) is 1.51. The molecule has 0 aliphatic rings. The molecule has 0 radical (unpaired) electrons. The zero-order valence-corrected chi connectivity index (χ0v) is 18.6. The Morgan fingerprint density at radius 3 is 2.13 bits per heavy atom. The van der Waals surface area contributed by atoms with Crippen LogP contribution in [0.15, 0.2) is 42.5 Å². The lowest BCUT2D eigenvalue weighted by Gasteiger charge is -2.16. The smallest absolute Gasteiger partial charge is 0.257 e. The van der Waals surface area contributed by atoms with Gasteiger partial charge in [-0.25, -0.2) is 0 Å². The van der Waals surface area contributed by atoms with Crippen molar-refractivity contribution >= 4 is 27.5 Å². The molecule has 0 saturated heterocycles. The van der Waals surface area contributed by atoms with Gasteiger partial charge in [0, 0.05) is 12.1 Å². The van der Waals surface area contributed by atoms with Gasteiger partial charge in [-0.1, -0.05) is 41.7 Å². The first-order chi connectivity index (χ1) is 15.1. The van der Waals surface area contributed by atoms with E-state index in [-0.39, 0.29) is 5.91 Å². The number of hydrogen-bond donors (Lipinski definition) is 2. The fraction of sp³-hybridized carbons (Fsp3) is 0.318. The highest BCUT2D eigenvalue weighted by molar-refractivity contribution is 7.19. The number of hydrogen-bond acceptors (Lipinski definition) is 8. The third kappa shape index (κ3) is 6.08. The number of nitrogens with one attached hydrogen (secondary N) is 2. The molecule has 3 aromatic rings. The Labute approximate surface area is 185 Å². The molecule has 2 N–H and O–H groups in total. The summed E-state index contributed by atoms with van der Waals surface area (Å²) in [4.78, 5) is 12.8. The largest absolute Gasteiger partial charge is 0.490 e. The van der Waals surface area contributed by atoms with E-state index in [2.05, 4.69) is 20.8 Å². The van der Waals surface area contributed by atoms with Gasteiger partial charge in [-0.15, -0.1) is 10.2 Å². The monoisotopic (exact) mass is 442 g/mol. The maximum Gasteiger partial charge on any atom is 0.257 e. The molecule has 0 fully saturated rings. The lowest BCUT2D eigenvalue weighted by Crippen LogP contribution is -2.13. The van der Waals surface area contributed by atoms with Crippen molar-refractivity contribution in [3.05, 3.63) is 53.6 Å². The van der Waals surface area contributed by atoms with Crippen LogP contribution >= 0.6 is 11.3 Å². The highest BCUT2D eigenvalue weighted by Gasteiger charge is 2.19. The first-order valence-electron chi connectivity index (χ1n) is 10.1. The van der Waals surface area contributed by atoms with Crippen LogP contribution in [0.5, 0.6) is 17.2 Å². The zero-order valence-electron chi connectivity index (χ0n) is 17.8. The standard InChI is InChI=1S/C22H26N4O4S/c1-4-28-17-12-16(13-18(29-5-2)19(17)30-6-3)20(27)24-22-26-25-21(31-22)23-14-15-10-8-7-9-11-15/h7-13H,4-6,14H2,1-3H3,(H,23,25)(H,24,26,27). The van der Waals surface area contributed by atoms with E-state index in [1.165, 1.54) is 11.3 Å². The molecule has 2 aromatic carbocycles. The van der Waals surface area contributed by atoms with Crippen molar-refractivity contribution in [1.82, 2.24) is 10.2 Å². The van der Waals surface area contributed by atoms with Crippen LogP contribution in [0.25, 0.3) is 0 Å². The number of ether oxygens (including phenoxy) is 3. The summed E-state index contributed by atoms with van der Waals surface area (Å²) < 4.78 is 17.0. The Bertz CT molecular complexity index is 967. The number of anilines is 2. The average molecular weight is 443 g/mol. The predicted molar refractivity (Wildman–Crippen MR) is 122 cm³/mol. The van der Waals surface area contributed by atoms with Crippen molar-refractivity contribution < 1.29 is 19.0 Å². The van der Waals surface area contributed by atoms with Crippen LogP contribution in [0, 0.1) is 0 Å². The van der Waals surface area contributed by atoms with Crippen LogP contribution in [-0.2, 0) is 6.54 Å². The first kappa shape index (κ1) is 22.4. The number of amides is 1. The van der Waals surface area contributed by atoms with Gasteiger partial charge in [0.2, 0.25) is 16.0 Å². The SMILES string of the molecule is CCOc1cc(C(=O)Nc2nnc(NCc3ccccc3)s2)cc(OCC)c1OCC. The minimum atomic E-state index is -0.337. The second-order valence-corrected chi connectivity index (χ2v) is 7.28. The van der Waals surface area contributed by atoms with Gasteiger partial charge in [0.25, 0.3) is 5.91 Å². The van der Waals surface area contributed by atoms with Crippen LogP contribution in [0.2, 0.25) is 0 Å². The van der Waals surface area contributed by atoms with Crippen molar-refractivity contribution in [3.63, 3.8) is 0 Å². The molecule has 1 amide bonds. The number of rotatable bonds is 11. The highest BCUT2D eigenvalue weighted by Crippen LogP contribution is 2.39. The fourth-order valence-electron chi connectivity index (χ4n) is 2.81. The average Bonchev–Trinajstić information content (AvgIpc) is 3.22. The van der Waals surface area contributed by atoms with E-state index >= 15 is 0 Å². The molecule has 164 valence electrons. The molecule has 1 heterocycles. The van der Waals surface area contributed by atoms with Gasteiger partial charge in [-0.05, 0) is 38.5 Å². The molecule has 0 atom stereocenters. The third-order valence-electron chi connectivity index (χ3n) is 4.10. The lowest BCUT2D eigenvalue weighted by molar-refractivity contribution is 0.102. The Kier molecular flexibility index (Phi) is 8.05. The van der Waals surface area contributed by atoms with Crippen molar-refractivity contribution in [1.29, 1.82) is 0 Å². The van der Waals surface area contributed by atoms with E-state index in [1.807, 2.05) is 51.1 Å². The third-order valence-corrected chi connectivity index (χ3v) is 4.90. The Hall–Kier alpha value is -3.33. The molecule has 0 spiro atoms. The summed E-state index contributed by atoms with van der Waals surface area (Å²) in [6.45, 7) is 7.56. The minimum absolute atomic E-state index is 0.337. The zero-order chi connectivity index (χ0) is 22.1. The number of carbonyl (C=O) groups excluding carboxylic acids is 1. The van der Waals surface area contributed by atoms with Gasteiger partial charge in [0.1, 0.15) is 0 Å². The van der Waals surface area contributed by atoms with Crippen LogP contribution in [-0.4, -0.2) is 35.9 Å². The molecule has 9 heteroatoms. The van der Waals surface area contributed by atoms with Crippen LogP contribution in [0.3, 0.4) is 0 Å². The predicted octanol–water partition coefficient (Wildman–Crippen LogP) is 4.60. The van der Waals surface area contributed by atoms with Crippen molar-refractivity contribution in [2.75, 3.05) is 30.5 Å². The molecule has 0 unspecified atom stereocenters. The van der Waals surface area contributed by atoms with Gasteiger partial charge < -0.3 is 19.5 Å². The first-order valence-corrected chi connectivity index (χ1v) is 10.9. The van der Waals surface area contributed by atoms with Gasteiger partial charge >= 0.3 is 0 Å². The second-order valence-electron chi connectivity index (χ2n) is 6.31. The number of aromatic nitrogens is 2. The van der Waals surface area contributed by atoms with E-state index in [4.69, 9.17) is 14.2 Å². The molecule has 31 heavy (non-hydrogen) atoms. The fourth-order valence-corrected chi connectivity index (χ4v) is 3.44.